The van der Waals surface area contributed by atoms with E-state index in [9.17, 15) is 4.79 Å². The minimum Gasteiger partial charge on any atom is -0.478 e. The van der Waals surface area contributed by atoms with E-state index in [1.807, 2.05) is 12.1 Å². The Morgan fingerprint density at radius 3 is 2.85 bits per heavy atom. The van der Waals surface area contributed by atoms with Crippen LogP contribution in [-0.4, -0.2) is 24.2 Å². The van der Waals surface area contributed by atoms with Gasteiger partial charge >= 0.3 is 5.97 Å². The Labute approximate surface area is 121 Å². The molecule has 20 heavy (non-hydrogen) atoms. The van der Waals surface area contributed by atoms with E-state index in [4.69, 9.17) is 5.11 Å². The van der Waals surface area contributed by atoms with Crippen molar-refractivity contribution in [1.29, 1.82) is 0 Å². The molecule has 0 fully saturated rings. The van der Waals surface area contributed by atoms with Crippen LogP contribution in [0.1, 0.15) is 55.5 Å². The molecule has 1 aliphatic heterocycles. The number of anilines is 1. The van der Waals surface area contributed by atoms with Crippen LogP contribution in [0.4, 0.5) is 5.69 Å². The predicted molar refractivity (Wildman–Crippen MR) is 82.6 cm³/mol. The van der Waals surface area contributed by atoms with Crippen molar-refractivity contribution in [2.24, 2.45) is 5.92 Å². The lowest BCUT2D eigenvalue weighted by molar-refractivity contribution is 0.0697. The zero-order chi connectivity index (χ0) is 14.5. The molecule has 0 aromatic heterocycles. The van der Waals surface area contributed by atoms with Crippen molar-refractivity contribution in [2.45, 2.75) is 46.0 Å². The van der Waals surface area contributed by atoms with Crippen molar-refractivity contribution in [3.8, 4) is 0 Å². The number of benzene rings is 1. The van der Waals surface area contributed by atoms with E-state index in [0.717, 1.165) is 25.4 Å². The summed E-state index contributed by atoms with van der Waals surface area (Å²) in [5, 5.41) is 9.05. The number of unbranched alkanes of at least 4 members (excludes halogenated alkanes) is 1. The minimum absolute atomic E-state index is 0.406. The third kappa shape index (κ3) is 3.33. The maximum absolute atomic E-state index is 11.0. The fraction of sp³-hybridized carbons (Fsp3) is 0.588. The molecule has 1 aromatic carbocycles. The molecule has 1 N–H and O–H groups in total. The predicted octanol–water partition coefficient (Wildman–Crippen LogP) is 3.96. The van der Waals surface area contributed by atoms with E-state index < -0.39 is 5.97 Å². The van der Waals surface area contributed by atoms with Crippen LogP contribution in [0.3, 0.4) is 0 Å². The molecule has 0 spiro atoms. The third-order valence-electron chi connectivity index (χ3n) is 4.34. The van der Waals surface area contributed by atoms with Gasteiger partial charge in [0.2, 0.25) is 0 Å². The maximum Gasteiger partial charge on any atom is 0.335 e. The number of rotatable bonds is 7. The second kappa shape index (κ2) is 6.78. The number of hydrogen-bond acceptors (Lipinski definition) is 2. The Bertz CT molecular complexity index is 470. The fourth-order valence-corrected chi connectivity index (χ4v) is 3.02. The topological polar surface area (TPSA) is 40.5 Å². The number of aromatic carboxylic acids is 1. The molecular formula is C17H25NO2. The van der Waals surface area contributed by atoms with Crippen LogP contribution in [0.25, 0.3) is 0 Å². The molecule has 3 nitrogen and oxygen atoms in total. The zero-order valence-electron chi connectivity index (χ0n) is 12.6. The first-order chi connectivity index (χ1) is 9.65. The maximum atomic E-state index is 11.0. The normalized spacial score (nSPS) is 15.2. The first-order valence-corrected chi connectivity index (χ1v) is 7.76. The zero-order valence-corrected chi connectivity index (χ0v) is 12.6. The molecule has 3 heteroatoms. The highest BCUT2D eigenvalue weighted by Crippen LogP contribution is 2.30. The molecule has 1 atom stereocenters. The van der Waals surface area contributed by atoms with Crippen LogP contribution in [0.5, 0.6) is 0 Å². The van der Waals surface area contributed by atoms with Crippen molar-refractivity contribution in [1.82, 2.24) is 0 Å². The number of carboxylic acids is 1. The number of carbonyl (C=O) groups is 1. The monoisotopic (exact) mass is 275 g/mol. The highest BCUT2D eigenvalue weighted by Gasteiger charge is 2.22. The van der Waals surface area contributed by atoms with E-state index in [2.05, 4.69) is 18.7 Å². The van der Waals surface area contributed by atoms with E-state index in [0.29, 0.717) is 5.56 Å². The van der Waals surface area contributed by atoms with Gasteiger partial charge in [0.25, 0.3) is 0 Å². The summed E-state index contributed by atoms with van der Waals surface area (Å²) in [6, 6.07) is 5.55. The molecule has 110 valence electrons. The van der Waals surface area contributed by atoms with Gasteiger partial charge in [-0.2, -0.15) is 0 Å². The summed E-state index contributed by atoms with van der Waals surface area (Å²) in [6.45, 7) is 6.65. The lowest BCUT2D eigenvalue weighted by atomic mass is 9.98. The van der Waals surface area contributed by atoms with Crippen LogP contribution in [0.15, 0.2) is 18.2 Å². The summed E-state index contributed by atoms with van der Waals surface area (Å²) in [5.74, 6) is -0.0827. The van der Waals surface area contributed by atoms with Gasteiger partial charge < -0.3 is 10.0 Å². The van der Waals surface area contributed by atoms with Crippen molar-refractivity contribution in [2.75, 3.05) is 18.0 Å². The Morgan fingerprint density at radius 2 is 2.20 bits per heavy atom. The van der Waals surface area contributed by atoms with Gasteiger partial charge in [0.05, 0.1) is 5.56 Å². The SMILES string of the molecule is CCCCC(CC)CN1CCc2cc(C(=O)O)ccc21. The lowest BCUT2D eigenvalue weighted by Crippen LogP contribution is -2.27. The molecule has 1 aromatic rings. The van der Waals surface area contributed by atoms with Crippen LogP contribution in [0.2, 0.25) is 0 Å². The number of carboxylic acid groups (broad SMARTS) is 1. The third-order valence-corrected chi connectivity index (χ3v) is 4.34. The van der Waals surface area contributed by atoms with Crippen molar-refractivity contribution in [3.63, 3.8) is 0 Å². The molecule has 0 radical (unpaired) electrons. The van der Waals surface area contributed by atoms with Gasteiger partial charge in [-0.15, -0.1) is 0 Å². The number of hydrogen-bond donors (Lipinski definition) is 1. The molecular weight excluding hydrogens is 250 g/mol. The van der Waals surface area contributed by atoms with Gasteiger partial charge in [-0.3, -0.25) is 0 Å². The highest BCUT2D eigenvalue weighted by molar-refractivity contribution is 5.88. The van der Waals surface area contributed by atoms with Gasteiger partial charge in [0.1, 0.15) is 0 Å². The largest absolute Gasteiger partial charge is 0.478 e. The molecule has 1 unspecified atom stereocenters. The fourth-order valence-electron chi connectivity index (χ4n) is 3.02. The summed E-state index contributed by atoms with van der Waals surface area (Å²) in [7, 11) is 0. The Hall–Kier alpha value is -1.51. The lowest BCUT2D eigenvalue weighted by Gasteiger charge is -2.25. The summed E-state index contributed by atoms with van der Waals surface area (Å²) in [5.41, 5.74) is 2.84. The van der Waals surface area contributed by atoms with Crippen molar-refractivity contribution >= 4 is 11.7 Å². The molecule has 2 rings (SSSR count). The minimum atomic E-state index is -0.833. The second-order valence-corrected chi connectivity index (χ2v) is 5.76. The molecule has 0 saturated carbocycles. The van der Waals surface area contributed by atoms with Crippen molar-refractivity contribution in [3.05, 3.63) is 29.3 Å². The standard InChI is InChI=1S/C17H25NO2/c1-3-5-6-13(4-2)12-18-10-9-14-11-15(17(19)20)7-8-16(14)18/h7-8,11,13H,3-6,9-10,12H2,1-2H3,(H,19,20). The Kier molecular flexibility index (Phi) is 5.05. The average molecular weight is 275 g/mol. The van der Waals surface area contributed by atoms with Crippen LogP contribution in [0, 0.1) is 5.92 Å². The molecule has 0 amide bonds. The highest BCUT2D eigenvalue weighted by atomic mass is 16.4. The number of fused-ring (bicyclic) bond motifs is 1. The summed E-state index contributed by atoms with van der Waals surface area (Å²) in [4.78, 5) is 13.4. The van der Waals surface area contributed by atoms with Gasteiger partial charge in [-0.05, 0) is 42.5 Å². The first-order valence-electron chi connectivity index (χ1n) is 7.76. The van der Waals surface area contributed by atoms with Gasteiger partial charge in [-0.25, -0.2) is 4.79 Å². The second-order valence-electron chi connectivity index (χ2n) is 5.76. The van der Waals surface area contributed by atoms with Gasteiger partial charge in [-0.1, -0.05) is 33.1 Å². The van der Waals surface area contributed by atoms with Crippen LogP contribution < -0.4 is 4.90 Å². The van der Waals surface area contributed by atoms with Crippen LogP contribution >= 0.6 is 0 Å². The van der Waals surface area contributed by atoms with Crippen LogP contribution in [-0.2, 0) is 6.42 Å². The quantitative estimate of drug-likeness (QED) is 0.818. The summed E-state index contributed by atoms with van der Waals surface area (Å²) < 4.78 is 0. The smallest absolute Gasteiger partial charge is 0.335 e. The van der Waals surface area contributed by atoms with Gasteiger partial charge in [0.15, 0.2) is 0 Å². The molecule has 0 bridgehead atoms. The molecule has 0 aliphatic carbocycles. The Morgan fingerprint density at radius 1 is 1.40 bits per heavy atom. The molecule has 1 aliphatic rings. The van der Waals surface area contributed by atoms with E-state index >= 15 is 0 Å². The summed E-state index contributed by atoms with van der Waals surface area (Å²) in [6.07, 6.45) is 6.05. The molecule has 0 saturated heterocycles. The summed E-state index contributed by atoms with van der Waals surface area (Å²) >= 11 is 0. The van der Waals surface area contributed by atoms with E-state index in [1.165, 1.54) is 36.9 Å². The van der Waals surface area contributed by atoms with E-state index in [1.54, 1.807) is 6.07 Å². The van der Waals surface area contributed by atoms with Gasteiger partial charge in [0, 0.05) is 18.8 Å². The van der Waals surface area contributed by atoms with E-state index in [-0.39, 0.29) is 0 Å². The first kappa shape index (κ1) is 14.9. The van der Waals surface area contributed by atoms with Crippen molar-refractivity contribution < 1.29 is 9.90 Å². The number of nitrogens with zero attached hydrogens (tertiary/aromatic N) is 1. The average Bonchev–Trinajstić information content (AvgIpc) is 2.85. The molecule has 1 heterocycles. The Balaban J connectivity index is 2.05.